The van der Waals surface area contributed by atoms with E-state index < -0.39 is 11.7 Å². The maximum atomic E-state index is 12.5. The van der Waals surface area contributed by atoms with Crippen molar-refractivity contribution in [3.8, 4) is 11.1 Å². The molecule has 0 atom stereocenters. The first-order valence-electron chi connectivity index (χ1n) is 4.50. The molecule has 1 aromatic carbocycles. The number of halogens is 5. The average Bonchev–Trinajstić information content (AvgIpc) is 2.57. The minimum absolute atomic E-state index is 0.0300. The van der Waals surface area contributed by atoms with Gasteiger partial charge in [-0.2, -0.15) is 13.2 Å². The Balaban J connectivity index is 2.50. The Morgan fingerprint density at radius 2 is 1.76 bits per heavy atom. The van der Waals surface area contributed by atoms with Crippen LogP contribution in [0, 0.1) is 0 Å². The fourth-order valence-electron chi connectivity index (χ4n) is 1.40. The first-order valence-corrected chi connectivity index (χ1v) is 5.26. The lowest BCUT2D eigenvalue weighted by Gasteiger charge is -2.07. The molecule has 2 rings (SSSR count). The third kappa shape index (κ3) is 2.58. The van der Waals surface area contributed by atoms with Gasteiger partial charge in [-0.1, -0.05) is 12.1 Å². The van der Waals surface area contributed by atoms with Gasteiger partial charge in [0.25, 0.3) is 0 Å². The lowest BCUT2D eigenvalue weighted by atomic mass is 10.1. The Morgan fingerprint density at radius 3 is 2.29 bits per heavy atom. The summed E-state index contributed by atoms with van der Waals surface area (Å²) in [6, 6.07) is 6.16. The van der Waals surface area contributed by atoms with Gasteiger partial charge in [-0.15, -0.1) is 0 Å². The molecule has 0 saturated heterocycles. The normalized spacial score (nSPS) is 11.8. The molecule has 17 heavy (non-hydrogen) atoms. The van der Waals surface area contributed by atoms with Gasteiger partial charge >= 0.3 is 6.18 Å². The molecule has 0 spiro atoms. The number of hydrogen-bond acceptors (Lipinski definition) is 1. The van der Waals surface area contributed by atoms with Crippen LogP contribution in [0.3, 0.4) is 0 Å². The molecule has 0 aliphatic rings. The Bertz CT molecular complexity index is 546. The summed E-state index contributed by atoms with van der Waals surface area (Å²) < 4.78 is 42.4. The standard InChI is InChI=1S/C11H5Cl2F3O/c12-9-5-8(10(13)17-9)6-2-1-3-7(4-6)11(14,15)16/h1-5H. The highest BCUT2D eigenvalue weighted by Crippen LogP contribution is 2.36. The monoisotopic (exact) mass is 280 g/mol. The Hall–Kier alpha value is -1.13. The highest BCUT2D eigenvalue weighted by atomic mass is 35.5. The van der Waals surface area contributed by atoms with Crippen molar-refractivity contribution in [1.29, 1.82) is 0 Å². The van der Waals surface area contributed by atoms with E-state index in [0.29, 0.717) is 11.1 Å². The van der Waals surface area contributed by atoms with E-state index in [1.807, 2.05) is 0 Å². The van der Waals surface area contributed by atoms with E-state index in [-0.39, 0.29) is 10.4 Å². The van der Waals surface area contributed by atoms with Gasteiger partial charge in [0.2, 0.25) is 5.22 Å². The minimum Gasteiger partial charge on any atom is -0.433 e. The van der Waals surface area contributed by atoms with E-state index >= 15 is 0 Å². The molecule has 0 aliphatic heterocycles. The first-order chi connectivity index (χ1) is 7.88. The number of rotatable bonds is 1. The molecule has 2 aromatic rings. The Kier molecular flexibility index (Phi) is 3.10. The molecule has 0 bridgehead atoms. The van der Waals surface area contributed by atoms with Crippen LogP contribution in [0.2, 0.25) is 10.4 Å². The van der Waals surface area contributed by atoms with E-state index in [1.54, 1.807) is 0 Å². The highest BCUT2D eigenvalue weighted by Gasteiger charge is 2.30. The SMILES string of the molecule is FC(F)(F)c1cccc(-c2cc(Cl)oc2Cl)c1. The van der Waals surface area contributed by atoms with Crippen LogP contribution in [0.5, 0.6) is 0 Å². The third-order valence-corrected chi connectivity index (χ3v) is 2.62. The summed E-state index contributed by atoms with van der Waals surface area (Å²) in [5.41, 5.74) is -0.105. The second-order valence-electron chi connectivity index (χ2n) is 3.32. The number of benzene rings is 1. The molecule has 1 heterocycles. The molecule has 0 saturated carbocycles. The van der Waals surface area contributed by atoms with Gasteiger partial charge in [-0.3, -0.25) is 0 Å². The lowest BCUT2D eigenvalue weighted by molar-refractivity contribution is -0.137. The van der Waals surface area contributed by atoms with Crippen LogP contribution in [0.25, 0.3) is 11.1 Å². The molecule has 0 aliphatic carbocycles. The highest BCUT2D eigenvalue weighted by molar-refractivity contribution is 6.34. The molecule has 90 valence electrons. The molecule has 0 radical (unpaired) electrons. The zero-order valence-corrected chi connectivity index (χ0v) is 9.70. The number of furan rings is 1. The van der Waals surface area contributed by atoms with Crippen molar-refractivity contribution in [2.24, 2.45) is 0 Å². The molecule has 0 fully saturated rings. The van der Waals surface area contributed by atoms with Crippen molar-refractivity contribution >= 4 is 23.2 Å². The first kappa shape index (κ1) is 12.3. The van der Waals surface area contributed by atoms with Crippen LogP contribution in [-0.4, -0.2) is 0 Å². The van der Waals surface area contributed by atoms with Gasteiger partial charge in [0.1, 0.15) is 0 Å². The summed E-state index contributed by atoms with van der Waals surface area (Å²) in [5.74, 6) is 0. The smallest absolute Gasteiger partial charge is 0.416 e. The predicted octanol–water partition coefficient (Wildman–Crippen LogP) is 5.27. The quantitative estimate of drug-likeness (QED) is 0.693. The van der Waals surface area contributed by atoms with Crippen molar-refractivity contribution in [3.05, 3.63) is 46.3 Å². The fourth-order valence-corrected chi connectivity index (χ4v) is 1.87. The fraction of sp³-hybridized carbons (Fsp3) is 0.0909. The topological polar surface area (TPSA) is 13.1 Å². The predicted molar refractivity (Wildman–Crippen MR) is 59.2 cm³/mol. The zero-order chi connectivity index (χ0) is 12.6. The van der Waals surface area contributed by atoms with Gasteiger partial charge in [0.05, 0.1) is 5.56 Å². The second-order valence-corrected chi connectivity index (χ2v) is 4.03. The summed E-state index contributed by atoms with van der Waals surface area (Å²) in [6.07, 6.45) is -4.39. The van der Waals surface area contributed by atoms with Crippen LogP contribution < -0.4 is 0 Å². The number of alkyl halides is 3. The van der Waals surface area contributed by atoms with E-state index in [2.05, 4.69) is 0 Å². The molecule has 0 amide bonds. The van der Waals surface area contributed by atoms with Crippen molar-refractivity contribution in [3.63, 3.8) is 0 Å². The van der Waals surface area contributed by atoms with Crippen molar-refractivity contribution in [1.82, 2.24) is 0 Å². The van der Waals surface area contributed by atoms with Crippen molar-refractivity contribution < 1.29 is 17.6 Å². The molecule has 6 heteroatoms. The molecule has 0 unspecified atom stereocenters. The van der Waals surface area contributed by atoms with Crippen molar-refractivity contribution in [2.75, 3.05) is 0 Å². The van der Waals surface area contributed by atoms with Crippen LogP contribution in [0.1, 0.15) is 5.56 Å². The average molecular weight is 281 g/mol. The second kappa shape index (κ2) is 4.27. The van der Waals surface area contributed by atoms with Crippen LogP contribution >= 0.6 is 23.2 Å². The van der Waals surface area contributed by atoms with Gasteiger partial charge in [0.15, 0.2) is 5.22 Å². The summed E-state index contributed by atoms with van der Waals surface area (Å²) in [5, 5.41) is -0.00302. The maximum Gasteiger partial charge on any atom is 0.416 e. The van der Waals surface area contributed by atoms with Crippen LogP contribution in [0.15, 0.2) is 34.7 Å². The van der Waals surface area contributed by atoms with Gasteiger partial charge in [-0.25, -0.2) is 0 Å². The zero-order valence-electron chi connectivity index (χ0n) is 8.18. The molecular weight excluding hydrogens is 276 g/mol. The summed E-state index contributed by atoms with van der Waals surface area (Å²) in [4.78, 5) is 0. The Morgan fingerprint density at radius 1 is 1.06 bits per heavy atom. The van der Waals surface area contributed by atoms with E-state index in [9.17, 15) is 13.2 Å². The molecule has 1 nitrogen and oxygen atoms in total. The summed E-state index contributed by atoms with van der Waals surface area (Å²) in [7, 11) is 0. The van der Waals surface area contributed by atoms with Crippen LogP contribution in [-0.2, 0) is 6.18 Å². The van der Waals surface area contributed by atoms with Crippen molar-refractivity contribution in [2.45, 2.75) is 6.18 Å². The molecule has 0 N–H and O–H groups in total. The summed E-state index contributed by atoms with van der Waals surface area (Å²) in [6.45, 7) is 0. The van der Waals surface area contributed by atoms with Gasteiger partial charge in [0, 0.05) is 11.6 Å². The summed E-state index contributed by atoms with van der Waals surface area (Å²) >= 11 is 11.3. The number of hydrogen-bond donors (Lipinski definition) is 0. The maximum absolute atomic E-state index is 12.5. The van der Waals surface area contributed by atoms with E-state index in [0.717, 1.165) is 12.1 Å². The minimum atomic E-state index is -4.39. The van der Waals surface area contributed by atoms with Gasteiger partial charge < -0.3 is 4.42 Å². The lowest BCUT2D eigenvalue weighted by Crippen LogP contribution is -2.04. The largest absolute Gasteiger partial charge is 0.433 e. The van der Waals surface area contributed by atoms with Gasteiger partial charge in [-0.05, 0) is 40.9 Å². The Labute approximate surface area is 105 Å². The third-order valence-electron chi connectivity index (χ3n) is 2.16. The van der Waals surface area contributed by atoms with E-state index in [4.69, 9.17) is 27.6 Å². The molecular formula is C11H5Cl2F3O. The molecule has 1 aromatic heterocycles. The van der Waals surface area contributed by atoms with Crippen LogP contribution in [0.4, 0.5) is 13.2 Å². The van der Waals surface area contributed by atoms with E-state index in [1.165, 1.54) is 18.2 Å².